The Morgan fingerprint density at radius 1 is 1.13 bits per heavy atom. The first-order chi connectivity index (χ1) is 14.3. The van der Waals surface area contributed by atoms with Crippen molar-refractivity contribution in [3.63, 3.8) is 0 Å². The van der Waals surface area contributed by atoms with E-state index in [1.54, 1.807) is 30.3 Å². The maximum Gasteiger partial charge on any atom is 0.261 e. The Morgan fingerprint density at radius 3 is 2.53 bits per heavy atom. The first-order valence-electron chi connectivity index (χ1n) is 10.5. The number of carbonyl (C=O) groups excluding carboxylic acids is 1. The molecule has 0 atom stereocenters. The molecule has 160 valence electrons. The molecule has 4 rings (SSSR count). The van der Waals surface area contributed by atoms with E-state index in [9.17, 15) is 13.2 Å². The molecule has 0 bridgehead atoms. The lowest BCUT2D eigenvalue weighted by molar-refractivity contribution is -0.133. The fourth-order valence-electron chi connectivity index (χ4n) is 3.59. The van der Waals surface area contributed by atoms with Gasteiger partial charge in [-0.3, -0.25) is 9.52 Å². The first-order valence-corrected chi connectivity index (χ1v) is 12.0. The van der Waals surface area contributed by atoms with Gasteiger partial charge >= 0.3 is 0 Å². The minimum absolute atomic E-state index is 0.183. The fraction of sp³-hybridized carbons (Fsp3) is 0.435. The summed E-state index contributed by atoms with van der Waals surface area (Å²) in [7, 11) is -3.71. The van der Waals surface area contributed by atoms with Crippen LogP contribution >= 0.6 is 0 Å². The Bertz CT molecular complexity index is 1030. The molecule has 0 spiro atoms. The summed E-state index contributed by atoms with van der Waals surface area (Å²) in [6, 6.07) is 12.0. The van der Waals surface area contributed by atoms with Gasteiger partial charge in [-0.25, -0.2) is 8.42 Å². The first kappa shape index (κ1) is 20.7. The van der Waals surface area contributed by atoms with Crippen molar-refractivity contribution in [2.75, 3.05) is 17.9 Å². The molecular formula is C23H28N2O4S. The van der Waals surface area contributed by atoms with Gasteiger partial charge in [0.05, 0.1) is 11.5 Å². The predicted molar refractivity (Wildman–Crippen MR) is 116 cm³/mol. The largest absolute Gasteiger partial charge is 0.493 e. The Kier molecular flexibility index (Phi) is 5.73. The van der Waals surface area contributed by atoms with Crippen LogP contribution in [0.4, 0.5) is 5.69 Å². The zero-order valence-electron chi connectivity index (χ0n) is 17.4. The third-order valence-corrected chi connectivity index (χ3v) is 6.82. The second-order valence-corrected chi connectivity index (χ2v) is 10.2. The lowest BCUT2D eigenvalue weighted by Crippen LogP contribution is -2.36. The van der Waals surface area contributed by atoms with E-state index in [1.807, 2.05) is 17.0 Å². The van der Waals surface area contributed by atoms with Gasteiger partial charge in [-0.05, 0) is 72.7 Å². The van der Waals surface area contributed by atoms with Crippen molar-refractivity contribution in [2.45, 2.75) is 44.6 Å². The zero-order chi connectivity index (χ0) is 21.3. The summed E-state index contributed by atoms with van der Waals surface area (Å²) >= 11 is 0. The summed E-state index contributed by atoms with van der Waals surface area (Å²) in [6.07, 6.45) is 2.78. The second-order valence-electron chi connectivity index (χ2n) is 8.55. The topological polar surface area (TPSA) is 75.7 Å². The van der Waals surface area contributed by atoms with E-state index in [0.717, 1.165) is 31.4 Å². The summed E-state index contributed by atoms with van der Waals surface area (Å²) in [5.41, 5.74) is 2.69. The molecule has 1 aliphatic heterocycles. The maximum absolute atomic E-state index is 12.8. The highest BCUT2D eigenvalue weighted by Gasteiger charge is 2.34. The van der Waals surface area contributed by atoms with E-state index >= 15 is 0 Å². The monoisotopic (exact) mass is 428 g/mol. The van der Waals surface area contributed by atoms with Crippen LogP contribution in [0.1, 0.15) is 37.8 Å². The molecule has 0 saturated heterocycles. The van der Waals surface area contributed by atoms with Crippen molar-refractivity contribution in [1.82, 2.24) is 4.90 Å². The van der Waals surface area contributed by atoms with E-state index in [2.05, 4.69) is 18.6 Å². The third kappa shape index (κ3) is 4.78. The number of ether oxygens (including phenoxy) is 1. The van der Waals surface area contributed by atoms with Crippen LogP contribution in [-0.4, -0.2) is 32.4 Å². The molecule has 0 aromatic heterocycles. The highest BCUT2D eigenvalue weighted by molar-refractivity contribution is 7.92. The average molecular weight is 429 g/mol. The van der Waals surface area contributed by atoms with Crippen LogP contribution in [0.15, 0.2) is 47.4 Å². The SMILES string of the molecule is CC(C)COc1ccc(S(=O)(=O)Nc2ccc3c(c2)CN(C(=O)C2CC2)CC3)cc1. The van der Waals surface area contributed by atoms with Crippen LogP contribution in [0.25, 0.3) is 0 Å². The summed E-state index contributed by atoms with van der Waals surface area (Å²) < 4.78 is 33.9. The Hall–Kier alpha value is -2.54. The predicted octanol–water partition coefficient (Wildman–Crippen LogP) is 3.82. The van der Waals surface area contributed by atoms with Gasteiger partial charge in [0.1, 0.15) is 5.75 Å². The van der Waals surface area contributed by atoms with Gasteiger partial charge in [-0.2, -0.15) is 0 Å². The molecule has 2 aromatic rings. The number of nitrogens with one attached hydrogen (secondary N) is 1. The molecule has 7 heteroatoms. The van der Waals surface area contributed by atoms with E-state index in [0.29, 0.717) is 30.5 Å². The number of carbonyl (C=O) groups is 1. The highest BCUT2D eigenvalue weighted by Crippen LogP contribution is 2.33. The van der Waals surface area contributed by atoms with Crippen molar-refractivity contribution in [3.05, 3.63) is 53.6 Å². The molecule has 30 heavy (non-hydrogen) atoms. The van der Waals surface area contributed by atoms with Gasteiger partial charge in [0, 0.05) is 24.7 Å². The zero-order valence-corrected chi connectivity index (χ0v) is 18.2. The Balaban J connectivity index is 1.46. The number of fused-ring (bicyclic) bond motifs is 1. The number of hydrogen-bond donors (Lipinski definition) is 1. The van der Waals surface area contributed by atoms with Gasteiger partial charge in [-0.15, -0.1) is 0 Å². The molecule has 2 aliphatic rings. The van der Waals surface area contributed by atoms with Gasteiger partial charge in [0.2, 0.25) is 5.91 Å². The Labute approximate surface area is 178 Å². The van der Waals surface area contributed by atoms with Crippen molar-refractivity contribution in [2.24, 2.45) is 11.8 Å². The van der Waals surface area contributed by atoms with Crippen molar-refractivity contribution < 1.29 is 17.9 Å². The molecule has 1 aliphatic carbocycles. The summed E-state index contributed by atoms with van der Waals surface area (Å²) in [5, 5.41) is 0. The van der Waals surface area contributed by atoms with E-state index in [4.69, 9.17) is 4.74 Å². The van der Waals surface area contributed by atoms with Crippen molar-refractivity contribution in [1.29, 1.82) is 0 Å². The average Bonchev–Trinajstić information content (AvgIpc) is 3.56. The third-order valence-electron chi connectivity index (χ3n) is 5.43. The quantitative estimate of drug-likeness (QED) is 0.728. The van der Waals surface area contributed by atoms with Crippen LogP contribution in [-0.2, 0) is 27.8 Å². The lowest BCUT2D eigenvalue weighted by atomic mass is 9.99. The van der Waals surface area contributed by atoms with Gasteiger partial charge < -0.3 is 9.64 Å². The molecule has 2 aromatic carbocycles. The number of sulfonamides is 1. The molecule has 1 heterocycles. The lowest BCUT2D eigenvalue weighted by Gasteiger charge is -2.29. The highest BCUT2D eigenvalue weighted by atomic mass is 32.2. The molecule has 0 unspecified atom stereocenters. The van der Waals surface area contributed by atoms with Crippen molar-refractivity contribution >= 4 is 21.6 Å². The molecule has 0 radical (unpaired) electrons. The minimum atomic E-state index is -3.71. The second kappa shape index (κ2) is 8.30. The number of rotatable bonds is 7. The van der Waals surface area contributed by atoms with Crippen molar-refractivity contribution in [3.8, 4) is 5.75 Å². The number of anilines is 1. The maximum atomic E-state index is 12.8. The fourth-order valence-corrected chi connectivity index (χ4v) is 4.64. The van der Waals surface area contributed by atoms with Gasteiger partial charge in [0.25, 0.3) is 10.0 Å². The Morgan fingerprint density at radius 2 is 1.87 bits per heavy atom. The molecule has 6 nitrogen and oxygen atoms in total. The van der Waals surface area contributed by atoms with E-state index in [-0.39, 0.29) is 16.7 Å². The number of benzene rings is 2. The molecule has 1 N–H and O–H groups in total. The van der Waals surface area contributed by atoms with Crippen LogP contribution in [0.2, 0.25) is 0 Å². The van der Waals surface area contributed by atoms with Gasteiger partial charge in [0.15, 0.2) is 0 Å². The summed E-state index contributed by atoms with van der Waals surface area (Å²) in [5.74, 6) is 1.47. The normalized spacial score (nSPS) is 16.3. The van der Waals surface area contributed by atoms with Crippen LogP contribution < -0.4 is 9.46 Å². The van der Waals surface area contributed by atoms with Crippen LogP contribution in [0.5, 0.6) is 5.75 Å². The number of amides is 1. The summed E-state index contributed by atoms with van der Waals surface area (Å²) in [6.45, 7) is 5.98. The van der Waals surface area contributed by atoms with Crippen LogP contribution in [0.3, 0.4) is 0 Å². The number of nitrogens with zero attached hydrogens (tertiary/aromatic N) is 1. The molecular weight excluding hydrogens is 400 g/mol. The van der Waals surface area contributed by atoms with E-state index in [1.165, 1.54) is 5.56 Å². The summed E-state index contributed by atoms with van der Waals surface area (Å²) in [4.78, 5) is 14.5. The molecule has 1 saturated carbocycles. The number of hydrogen-bond acceptors (Lipinski definition) is 4. The van der Waals surface area contributed by atoms with E-state index < -0.39 is 10.0 Å². The van der Waals surface area contributed by atoms with Crippen LogP contribution in [0, 0.1) is 11.8 Å². The standard InChI is InChI=1S/C23H28N2O4S/c1-16(2)15-29-21-7-9-22(10-8-21)30(27,28)24-20-6-5-17-11-12-25(14-19(17)13-20)23(26)18-3-4-18/h5-10,13,16,18,24H,3-4,11-12,14-15H2,1-2H3. The molecule has 1 fully saturated rings. The smallest absolute Gasteiger partial charge is 0.261 e. The van der Waals surface area contributed by atoms with Gasteiger partial charge in [-0.1, -0.05) is 19.9 Å². The minimum Gasteiger partial charge on any atom is -0.493 e. The molecule has 1 amide bonds.